The third-order valence-electron chi connectivity index (χ3n) is 2.65. The first-order valence-corrected chi connectivity index (χ1v) is 8.53. The topological polar surface area (TPSA) is 72.0 Å². The molecule has 0 aliphatic carbocycles. The summed E-state index contributed by atoms with van der Waals surface area (Å²) in [4.78, 5) is -1.20. The molecule has 5 nitrogen and oxygen atoms in total. The number of anilines is 1. The normalized spacial score (nSPS) is 12.4. The van der Waals surface area contributed by atoms with E-state index in [1.807, 2.05) is 0 Å². The van der Waals surface area contributed by atoms with Gasteiger partial charge in [-0.3, -0.25) is 0 Å². The summed E-state index contributed by atoms with van der Waals surface area (Å²) in [6, 6.07) is 3.52. The van der Waals surface area contributed by atoms with Crippen molar-refractivity contribution in [2.24, 2.45) is 0 Å². The van der Waals surface area contributed by atoms with Crippen molar-refractivity contribution in [1.82, 2.24) is 9.59 Å². The van der Waals surface area contributed by atoms with Crippen LogP contribution in [0.5, 0.6) is 0 Å². The Morgan fingerprint density at radius 1 is 1.21 bits per heavy atom. The monoisotopic (exact) mass is 403 g/mol. The number of nitrogens with zero attached hydrogens (tertiary/aromatic N) is 2. The number of benzene rings is 1. The SMILES string of the molecule is O=S(=O)(c1ccc(NC(=S)c2snnc2C(F)F)cc1)C(F)(F)F. The third kappa shape index (κ3) is 3.67. The molecule has 0 saturated carbocycles. The maximum atomic E-state index is 12.7. The zero-order valence-corrected chi connectivity index (χ0v) is 13.7. The van der Waals surface area contributed by atoms with Crippen molar-refractivity contribution in [2.75, 3.05) is 5.32 Å². The molecular formula is C11H6F5N3O2S3. The lowest BCUT2D eigenvalue weighted by molar-refractivity contribution is -0.0436. The van der Waals surface area contributed by atoms with Crippen molar-refractivity contribution in [1.29, 1.82) is 0 Å². The summed E-state index contributed by atoms with van der Waals surface area (Å²) < 4.78 is 88.5. The van der Waals surface area contributed by atoms with E-state index in [1.165, 1.54) is 0 Å². The van der Waals surface area contributed by atoms with Crippen LogP contribution in [0.3, 0.4) is 0 Å². The fourth-order valence-corrected chi connectivity index (χ4v) is 3.20. The van der Waals surface area contributed by atoms with Gasteiger partial charge >= 0.3 is 5.51 Å². The van der Waals surface area contributed by atoms with E-state index in [0.717, 1.165) is 24.3 Å². The number of halogens is 5. The van der Waals surface area contributed by atoms with E-state index in [2.05, 4.69) is 14.9 Å². The Labute approximate surface area is 141 Å². The smallest absolute Gasteiger partial charge is 0.345 e. The minimum atomic E-state index is -5.46. The van der Waals surface area contributed by atoms with Gasteiger partial charge in [0.2, 0.25) is 0 Å². The molecule has 0 radical (unpaired) electrons. The first-order chi connectivity index (χ1) is 11.0. The Morgan fingerprint density at radius 2 is 1.79 bits per heavy atom. The highest BCUT2D eigenvalue weighted by Crippen LogP contribution is 2.31. The fraction of sp³-hybridized carbons (Fsp3) is 0.182. The van der Waals surface area contributed by atoms with E-state index in [4.69, 9.17) is 12.2 Å². The van der Waals surface area contributed by atoms with Crippen molar-refractivity contribution in [3.8, 4) is 0 Å². The molecule has 13 heteroatoms. The molecule has 24 heavy (non-hydrogen) atoms. The molecule has 1 heterocycles. The summed E-state index contributed by atoms with van der Waals surface area (Å²) in [5.41, 5.74) is -5.92. The standard InChI is InChI=1S/C11H6F5N3O2S3/c12-9(13)7-8(23-19-18-7)10(22)17-5-1-3-6(4-2-5)24(20,21)11(14,15)16/h1-4,9H,(H,17,22). The number of sulfone groups is 1. The average molecular weight is 403 g/mol. The molecule has 0 aliphatic heterocycles. The molecule has 0 atom stereocenters. The van der Waals surface area contributed by atoms with Crippen LogP contribution in [0.1, 0.15) is 17.0 Å². The van der Waals surface area contributed by atoms with Crippen LogP contribution >= 0.6 is 23.8 Å². The Kier molecular flexibility index (Phi) is 5.15. The highest BCUT2D eigenvalue weighted by atomic mass is 32.2. The number of aromatic nitrogens is 2. The van der Waals surface area contributed by atoms with E-state index >= 15 is 0 Å². The number of hydrogen-bond acceptors (Lipinski definition) is 6. The molecule has 2 rings (SSSR count). The van der Waals surface area contributed by atoms with E-state index in [1.54, 1.807) is 0 Å². The van der Waals surface area contributed by atoms with Gasteiger partial charge in [0.05, 0.1) is 4.90 Å². The van der Waals surface area contributed by atoms with E-state index < -0.39 is 32.4 Å². The van der Waals surface area contributed by atoms with Gasteiger partial charge in [0, 0.05) is 5.69 Å². The lowest BCUT2D eigenvalue weighted by Gasteiger charge is -2.10. The van der Waals surface area contributed by atoms with Gasteiger partial charge in [-0.1, -0.05) is 16.7 Å². The third-order valence-corrected chi connectivity index (χ3v) is 5.35. The Morgan fingerprint density at radius 3 is 2.29 bits per heavy atom. The van der Waals surface area contributed by atoms with Crippen LogP contribution in [0.25, 0.3) is 0 Å². The molecule has 0 spiro atoms. The number of thiocarbonyl (C=S) groups is 1. The number of rotatable bonds is 4. The Bertz CT molecular complexity index is 847. The summed E-state index contributed by atoms with van der Waals surface area (Å²) >= 11 is 5.54. The first kappa shape index (κ1) is 18.6. The van der Waals surface area contributed by atoms with Crippen LogP contribution in [0.4, 0.5) is 27.6 Å². The van der Waals surface area contributed by atoms with E-state index in [9.17, 15) is 30.4 Å². The van der Waals surface area contributed by atoms with Gasteiger partial charge < -0.3 is 5.32 Å². The van der Waals surface area contributed by atoms with Crippen molar-refractivity contribution >= 4 is 44.3 Å². The predicted molar refractivity (Wildman–Crippen MR) is 79.9 cm³/mol. The van der Waals surface area contributed by atoms with Crippen LogP contribution in [0, 0.1) is 0 Å². The highest BCUT2D eigenvalue weighted by Gasteiger charge is 2.46. The minimum absolute atomic E-state index is 0.0908. The Hall–Kier alpha value is -1.73. The zero-order chi connectivity index (χ0) is 18.1. The van der Waals surface area contributed by atoms with Crippen molar-refractivity contribution in [3.63, 3.8) is 0 Å². The maximum Gasteiger partial charge on any atom is 0.501 e. The summed E-state index contributed by atoms with van der Waals surface area (Å²) in [6.07, 6.45) is -2.89. The second-order valence-corrected chi connectivity index (χ2v) is 7.32. The van der Waals surface area contributed by atoms with Gasteiger partial charge in [0.15, 0.2) is 5.69 Å². The summed E-state index contributed by atoms with van der Waals surface area (Å²) in [5, 5.41) is 5.75. The van der Waals surface area contributed by atoms with Gasteiger partial charge in [0.1, 0.15) is 9.87 Å². The molecule has 1 aromatic carbocycles. The molecule has 2 aromatic rings. The minimum Gasteiger partial charge on any atom is -0.345 e. The van der Waals surface area contributed by atoms with Crippen LogP contribution in [0.2, 0.25) is 0 Å². The molecule has 0 amide bonds. The summed E-state index contributed by atoms with van der Waals surface area (Å²) in [5.74, 6) is 0. The molecule has 0 bridgehead atoms. The van der Waals surface area contributed by atoms with Crippen molar-refractivity contribution in [2.45, 2.75) is 16.8 Å². The molecular weight excluding hydrogens is 397 g/mol. The number of alkyl halides is 5. The van der Waals surface area contributed by atoms with Crippen molar-refractivity contribution < 1.29 is 30.4 Å². The average Bonchev–Trinajstić information content (AvgIpc) is 2.96. The first-order valence-electron chi connectivity index (χ1n) is 5.87. The lowest BCUT2D eigenvalue weighted by Crippen LogP contribution is -2.23. The number of nitrogens with one attached hydrogen (secondary N) is 1. The van der Waals surface area contributed by atoms with Crippen LogP contribution in [-0.4, -0.2) is 28.5 Å². The molecule has 1 N–H and O–H groups in total. The quantitative estimate of drug-likeness (QED) is 0.622. The molecule has 0 aliphatic rings. The molecule has 130 valence electrons. The highest BCUT2D eigenvalue weighted by molar-refractivity contribution is 7.92. The lowest BCUT2D eigenvalue weighted by atomic mass is 10.3. The van der Waals surface area contributed by atoms with Gasteiger partial charge in [-0.05, 0) is 35.8 Å². The second-order valence-electron chi connectivity index (χ2n) is 4.22. The molecule has 0 unspecified atom stereocenters. The maximum absolute atomic E-state index is 12.7. The Balaban J connectivity index is 2.21. The van der Waals surface area contributed by atoms with Gasteiger partial charge in [0.25, 0.3) is 16.3 Å². The molecule has 0 saturated heterocycles. The predicted octanol–water partition coefficient (Wildman–Crippen LogP) is 3.56. The second kappa shape index (κ2) is 6.64. The number of hydrogen-bond donors (Lipinski definition) is 1. The van der Waals surface area contributed by atoms with Crippen LogP contribution < -0.4 is 5.32 Å². The van der Waals surface area contributed by atoms with E-state index in [-0.39, 0.29) is 15.6 Å². The molecule has 0 fully saturated rings. The summed E-state index contributed by atoms with van der Waals surface area (Å²) in [6.45, 7) is 0. The molecule has 1 aromatic heterocycles. The van der Waals surface area contributed by atoms with Crippen LogP contribution in [0.15, 0.2) is 29.2 Å². The van der Waals surface area contributed by atoms with E-state index in [0.29, 0.717) is 11.5 Å². The van der Waals surface area contributed by atoms with Gasteiger partial charge in [-0.25, -0.2) is 17.2 Å². The van der Waals surface area contributed by atoms with Crippen molar-refractivity contribution in [3.05, 3.63) is 34.8 Å². The summed E-state index contributed by atoms with van der Waals surface area (Å²) in [7, 11) is -5.46. The van der Waals surface area contributed by atoms with Crippen LogP contribution in [-0.2, 0) is 9.84 Å². The fourth-order valence-electron chi connectivity index (χ4n) is 1.54. The van der Waals surface area contributed by atoms with Gasteiger partial charge in [-0.15, -0.1) is 5.10 Å². The zero-order valence-electron chi connectivity index (χ0n) is 11.2. The van der Waals surface area contributed by atoms with Gasteiger partial charge in [-0.2, -0.15) is 13.2 Å². The largest absolute Gasteiger partial charge is 0.501 e.